The van der Waals surface area contributed by atoms with E-state index in [-0.39, 0.29) is 5.56 Å². The SMILES string of the molecule is CC(=O)C(C)(O)c1cccc(C(F)(F)F)c1. The van der Waals surface area contributed by atoms with Crippen LogP contribution in [0.3, 0.4) is 0 Å². The van der Waals surface area contributed by atoms with Gasteiger partial charge < -0.3 is 5.11 Å². The van der Waals surface area contributed by atoms with E-state index in [0.29, 0.717) is 0 Å². The first-order valence-corrected chi connectivity index (χ1v) is 4.57. The van der Waals surface area contributed by atoms with Gasteiger partial charge in [-0.2, -0.15) is 13.2 Å². The number of hydrogen-bond donors (Lipinski definition) is 1. The third kappa shape index (κ3) is 2.41. The third-order valence-electron chi connectivity index (χ3n) is 2.44. The van der Waals surface area contributed by atoms with E-state index in [1.807, 2.05) is 0 Å². The van der Waals surface area contributed by atoms with E-state index in [1.165, 1.54) is 13.0 Å². The molecular weight excluding hydrogens is 221 g/mol. The molecule has 1 atom stereocenters. The molecule has 0 fully saturated rings. The highest BCUT2D eigenvalue weighted by atomic mass is 19.4. The molecule has 1 aromatic carbocycles. The molecule has 0 amide bonds. The summed E-state index contributed by atoms with van der Waals surface area (Å²) < 4.78 is 37.2. The number of ketones is 1. The predicted molar refractivity (Wildman–Crippen MR) is 51.7 cm³/mol. The lowest BCUT2D eigenvalue weighted by molar-refractivity contribution is -0.139. The topological polar surface area (TPSA) is 37.3 Å². The van der Waals surface area contributed by atoms with Crippen LogP contribution in [-0.4, -0.2) is 10.9 Å². The normalized spacial score (nSPS) is 15.6. The molecule has 0 aliphatic heterocycles. The Kier molecular flexibility index (Phi) is 3.10. The Morgan fingerprint density at radius 2 is 1.75 bits per heavy atom. The van der Waals surface area contributed by atoms with E-state index >= 15 is 0 Å². The predicted octanol–water partition coefficient (Wildman–Crippen LogP) is 2.50. The quantitative estimate of drug-likeness (QED) is 0.850. The molecule has 0 aliphatic carbocycles. The van der Waals surface area contributed by atoms with Gasteiger partial charge in [-0.25, -0.2) is 0 Å². The van der Waals surface area contributed by atoms with Gasteiger partial charge in [0.1, 0.15) is 5.60 Å². The molecule has 16 heavy (non-hydrogen) atoms. The number of carbonyl (C=O) groups excluding carboxylic acids is 1. The first-order chi connectivity index (χ1) is 7.15. The van der Waals surface area contributed by atoms with Crippen molar-refractivity contribution in [2.24, 2.45) is 0 Å². The molecule has 0 aliphatic rings. The van der Waals surface area contributed by atoms with Crippen molar-refractivity contribution in [3.05, 3.63) is 35.4 Å². The lowest BCUT2D eigenvalue weighted by Gasteiger charge is -2.21. The van der Waals surface area contributed by atoms with Crippen molar-refractivity contribution < 1.29 is 23.1 Å². The maximum absolute atomic E-state index is 12.4. The van der Waals surface area contributed by atoms with Gasteiger partial charge in [0.05, 0.1) is 5.56 Å². The van der Waals surface area contributed by atoms with Gasteiger partial charge in [0.25, 0.3) is 0 Å². The lowest BCUT2D eigenvalue weighted by atomic mass is 9.91. The highest BCUT2D eigenvalue weighted by Crippen LogP contribution is 2.32. The smallest absolute Gasteiger partial charge is 0.378 e. The summed E-state index contributed by atoms with van der Waals surface area (Å²) in [6, 6.07) is 4.12. The van der Waals surface area contributed by atoms with Crippen LogP contribution >= 0.6 is 0 Å². The van der Waals surface area contributed by atoms with Crippen molar-refractivity contribution in [1.29, 1.82) is 0 Å². The van der Waals surface area contributed by atoms with Gasteiger partial charge in [0.15, 0.2) is 5.78 Å². The summed E-state index contributed by atoms with van der Waals surface area (Å²) in [6.07, 6.45) is -4.48. The van der Waals surface area contributed by atoms with E-state index < -0.39 is 23.1 Å². The van der Waals surface area contributed by atoms with Crippen LogP contribution in [0.25, 0.3) is 0 Å². The van der Waals surface area contributed by atoms with Crippen LogP contribution in [0.1, 0.15) is 25.0 Å². The maximum Gasteiger partial charge on any atom is 0.416 e. The molecule has 0 bridgehead atoms. The average molecular weight is 232 g/mol. The Balaban J connectivity index is 3.23. The Morgan fingerprint density at radius 3 is 2.19 bits per heavy atom. The summed E-state index contributed by atoms with van der Waals surface area (Å²) in [5.41, 5.74) is -2.83. The lowest BCUT2D eigenvalue weighted by Crippen LogP contribution is -2.30. The molecule has 1 rings (SSSR count). The molecule has 0 saturated carbocycles. The Hall–Kier alpha value is -1.36. The Labute approximate surface area is 90.7 Å². The van der Waals surface area contributed by atoms with E-state index in [4.69, 9.17) is 0 Å². The standard InChI is InChI=1S/C11H11F3O2/c1-7(15)10(2,16)8-4-3-5-9(6-8)11(12,13)14/h3-6,16H,1-2H3. The van der Waals surface area contributed by atoms with E-state index in [2.05, 4.69) is 0 Å². The zero-order valence-corrected chi connectivity index (χ0v) is 8.80. The van der Waals surface area contributed by atoms with Gasteiger partial charge >= 0.3 is 6.18 Å². The van der Waals surface area contributed by atoms with Crippen molar-refractivity contribution in [3.8, 4) is 0 Å². The largest absolute Gasteiger partial charge is 0.416 e. The fourth-order valence-electron chi connectivity index (χ4n) is 1.20. The van der Waals surface area contributed by atoms with Crippen molar-refractivity contribution >= 4 is 5.78 Å². The second kappa shape index (κ2) is 3.90. The molecule has 1 unspecified atom stereocenters. The number of aliphatic hydroxyl groups is 1. The molecule has 88 valence electrons. The van der Waals surface area contributed by atoms with Gasteiger partial charge in [-0.05, 0) is 31.5 Å². The molecule has 0 heterocycles. The molecular formula is C11H11F3O2. The summed E-state index contributed by atoms with van der Waals surface area (Å²) in [5.74, 6) is -0.605. The Morgan fingerprint density at radius 1 is 1.25 bits per heavy atom. The summed E-state index contributed by atoms with van der Waals surface area (Å²) in [7, 11) is 0. The second-order valence-corrected chi connectivity index (χ2v) is 3.71. The third-order valence-corrected chi connectivity index (χ3v) is 2.44. The average Bonchev–Trinajstić information content (AvgIpc) is 2.16. The van der Waals surface area contributed by atoms with Crippen LogP contribution in [0.15, 0.2) is 24.3 Å². The number of hydrogen-bond acceptors (Lipinski definition) is 2. The van der Waals surface area contributed by atoms with Gasteiger partial charge in [0, 0.05) is 0 Å². The maximum atomic E-state index is 12.4. The fourth-order valence-corrected chi connectivity index (χ4v) is 1.20. The van der Waals surface area contributed by atoms with Crippen LogP contribution in [0.2, 0.25) is 0 Å². The van der Waals surface area contributed by atoms with Gasteiger partial charge in [-0.3, -0.25) is 4.79 Å². The highest BCUT2D eigenvalue weighted by Gasteiger charge is 2.34. The number of rotatable bonds is 2. The van der Waals surface area contributed by atoms with Crippen LogP contribution in [-0.2, 0) is 16.6 Å². The molecule has 0 radical (unpaired) electrons. The van der Waals surface area contributed by atoms with Crippen LogP contribution in [0, 0.1) is 0 Å². The van der Waals surface area contributed by atoms with Crippen LogP contribution in [0.4, 0.5) is 13.2 Å². The number of carbonyl (C=O) groups is 1. The summed E-state index contributed by atoms with van der Waals surface area (Å²) in [5, 5.41) is 9.74. The van der Waals surface area contributed by atoms with Crippen molar-refractivity contribution in [2.45, 2.75) is 25.6 Å². The van der Waals surface area contributed by atoms with Gasteiger partial charge in [-0.15, -0.1) is 0 Å². The molecule has 1 aromatic rings. The number of Topliss-reactive ketones (excluding diaryl/α,β-unsaturated/α-hetero) is 1. The molecule has 5 heteroatoms. The summed E-state index contributed by atoms with van der Waals surface area (Å²) in [6.45, 7) is 2.30. The zero-order valence-electron chi connectivity index (χ0n) is 8.80. The minimum atomic E-state index is -4.48. The van der Waals surface area contributed by atoms with Crippen molar-refractivity contribution in [3.63, 3.8) is 0 Å². The number of benzene rings is 1. The fraction of sp³-hybridized carbons (Fsp3) is 0.364. The van der Waals surface area contributed by atoms with Crippen molar-refractivity contribution in [1.82, 2.24) is 0 Å². The Bertz CT molecular complexity index is 408. The zero-order chi connectivity index (χ0) is 12.6. The first-order valence-electron chi connectivity index (χ1n) is 4.57. The van der Waals surface area contributed by atoms with E-state index in [1.54, 1.807) is 0 Å². The number of halogens is 3. The number of alkyl halides is 3. The first kappa shape index (κ1) is 12.7. The molecule has 1 N–H and O–H groups in total. The summed E-state index contributed by atoms with van der Waals surface area (Å²) in [4.78, 5) is 11.1. The highest BCUT2D eigenvalue weighted by molar-refractivity contribution is 5.85. The van der Waals surface area contributed by atoms with Gasteiger partial charge in [-0.1, -0.05) is 12.1 Å². The molecule has 0 aromatic heterocycles. The second-order valence-electron chi connectivity index (χ2n) is 3.71. The molecule has 2 nitrogen and oxygen atoms in total. The van der Waals surface area contributed by atoms with E-state index in [0.717, 1.165) is 25.1 Å². The monoisotopic (exact) mass is 232 g/mol. The van der Waals surface area contributed by atoms with Crippen LogP contribution < -0.4 is 0 Å². The minimum absolute atomic E-state index is 0.0603. The minimum Gasteiger partial charge on any atom is -0.378 e. The van der Waals surface area contributed by atoms with Crippen molar-refractivity contribution in [2.75, 3.05) is 0 Å². The molecule has 0 saturated heterocycles. The molecule has 0 spiro atoms. The van der Waals surface area contributed by atoms with E-state index in [9.17, 15) is 23.1 Å². The van der Waals surface area contributed by atoms with Crippen LogP contribution in [0.5, 0.6) is 0 Å². The summed E-state index contributed by atoms with van der Waals surface area (Å²) >= 11 is 0. The van der Waals surface area contributed by atoms with Gasteiger partial charge in [0.2, 0.25) is 0 Å².